The standard InChI is InChI=1S/C14H21N5S2.HI/c1-4-15-13(16-7-11-5-6-20-9-11)17-8-12-10-21-14(18-12)19(2)3;/h5-6,9-10H,4,7-8H2,1-3H3,(H2,15,16,17);1H. The van der Waals surface area contributed by atoms with Gasteiger partial charge in [-0.15, -0.1) is 35.3 Å². The minimum absolute atomic E-state index is 0. The summed E-state index contributed by atoms with van der Waals surface area (Å²) in [6, 6.07) is 2.10. The van der Waals surface area contributed by atoms with E-state index in [1.54, 1.807) is 22.7 Å². The zero-order chi connectivity index (χ0) is 15.1. The Kier molecular flexibility index (Phi) is 8.72. The van der Waals surface area contributed by atoms with Gasteiger partial charge in [0.05, 0.1) is 18.8 Å². The van der Waals surface area contributed by atoms with Crippen LogP contribution in [-0.2, 0) is 13.1 Å². The summed E-state index contributed by atoms with van der Waals surface area (Å²) in [4.78, 5) is 11.1. The normalized spacial score (nSPS) is 11.0. The predicted octanol–water partition coefficient (Wildman–Crippen LogP) is 3.14. The van der Waals surface area contributed by atoms with Crippen LogP contribution in [0.15, 0.2) is 27.2 Å². The summed E-state index contributed by atoms with van der Waals surface area (Å²) >= 11 is 3.35. The van der Waals surface area contributed by atoms with E-state index in [-0.39, 0.29) is 24.0 Å². The number of nitrogens with zero attached hydrogens (tertiary/aromatic N) is 3. The molecule has 2 N–H and O–H groups in total. The zero-order valence-electron chi connectivity index (χ0n) is 13.0. The minimum Gasteiger partial charge on any atom is -0.357 e. The fourth-order valence-corrected chi connectivity index (χ4v) is 3.07. The number of hydrogen-bond acceptors (Lipinski definition) is 5. The Morgan fingerprint density at radius 2 is 2.14 bits per heavy atom. The van der Waals surface area contributed by atoms with Crippen LogP contribution in [0.4, 0.5) is 5.13 Å². The Morgan fingerprint density at radius 1 is 1.32 bits per heavy atom. The molecule has 8 heteroatoms. The number of thiophene rings is 1. The highest BCUT2D eigenvalue weighted by Crippen LogP contribution is 2.17. The molecule has 0 radical (unpaired) electrons. The van der Waals surface area contributed by atoms with E-state index in [9.17, 15) is 0 Å². The number of guanidine groups is 1. The average molecular weight is 451 g/mol. The molecule has 0 aromatic carbocycles. The van der Waals surface area contributed by atoms with Crippen molar-refractivity contribution in [3.05, 3.63) is 33.5 Å². The first kappa shape index (κ1) is 19.2. The van der Waals surface area contributed by atoms with Crippen LogP contribution < -0.4 is 15.5 Å². The van der Waals surface area contributed by atoms with Crippen molar-refractivity contribution >= 4 is 57.7 Å². The molecule has 0 saturated carbocycles. The van der Waals surface area contributed by atoms with Gasteiger partial charge in [-0.1, -0.05) is 0 Å². The summed E-state index contributed by atoms with van der Waals surface area (Å²) in [5, 5.41) is 13.9. The maximum atomic E-state index is 4.58. The van der Waals surface area contributed by atoms with Crippen molar-refractivity contribution in [2.75, 3.05) is 25.5 Å². The van der Waals surface area contributed by atoms with E-state index < -0.39 is 0 Å². The molecule has 2 aromatic rings. The third-order valence-corrected chi connectivity index (χ3v) is 4.49. The molecule has 122 valence electrons. The van der Waals surface area contributed by atoms with E-state index in [4.69, 9.17) is 0 Å². The maximum Gasteiger partial charge on any atom is 0.191 e. The number of aromatic nitrogens is 1. The van der Waals surface area contributed by atoms with Gasteiger partial charge in [-0.2, -0.15) is 11.3 Å². The quantitative estimate of drug-likeness (QED) is 0.403. The Hall–Kier alpha value is -0.870. The number of rotatable bonds is 6. The van der Waals surface area contributed by atoms with E-state index in [0.717, 1.165) is 23.3 Å². The second-order valence-corrected chi connectivity index (χ2v) is 6.31. The second kappa shape index (κ2) is 10.0. The van der Waals surface area contributed by atoms with Crippen molar-refractivity contribution in [1.29, 1.82) is 0 Å². The summed E-state index contributed by atoms with van der Waals surface area (Å²) in [7, 11) is 4.00. The van der Waals surface area contributed by atoms with Gasteiger partial charge in [0.2, 0.25) is 0 Å². The SMILES string of the molecule is CCNC(=NCc1ccsc1)NCc1csc(N(C)C)n1.I. The zero-order valence-corrected chi connectivity index (χ0v) is 17.0. The molecule has 0 fully saturated rings. The highest BCUT2D eigenvalue weighted by atomic mass is 127. The van der Waals surface area contributed by atoms with Gasteiger partial charge in [0, 0.05) is 26.0 Å². The molecule has 5 nitrogen and oxygen atoms in total. The van der Waals surface area contributed by atoms with Crippen LogP contribution in [-0.4, -0.2) is 31.6 Å². The molecule has 0 aliphatic heterocycles. The van der Waals surface area contributed by atoms with Gasteiger partial charge in [-0.25, -0.2) is 9.98 Å². The molecule has 0 saturated heterocycles. The lowest BCUT2D eigenvalue weighted by Gasteiger charge is -2.10. The molecular formula is C14H22IN5S2. The molecule has 0 atom stereocenters. The van der Waals surface area contributed by atoms with Crippen molar-refractivity contribution in [1.82, 2.24) is 15.6 Å². The van der Waals surface area contributed by atoms with Crippen molar-refractivity contribution in [2.24, 2.45) is 4.99 Å². The highest BCUT2D eigenvalue weighted by molar-refractivity contribution is 14.0. The number of hydrogen-bond donors (Lipinski definition) is 2. The Balaban J connectivity index is 0.00000242. The van der Waals surface area contributed by atoms with E-state index in [0.29, 0.717) is 13.1 Å². The van der Waals surface area contributed by atoms with Gasteiger partial charge >= 0.3 is 0 Å². The van der Waals surface area contributed by atoms with Crippen molar-refractivity contribution in [2.45, 2.75) is 20.0 Å². The molecule has 0 bridgehead atoms. The topological polar surface area (TPSA) is 52.6 Å². The highest BCUT2D eigenvalue weighted by Gasteiger charge is 2.04. The molecule has 0 aliphatic carbocycles. The van der Waals surface area contributed by atoms with Crippen LogP contribution in [0.1, 0.15) is 18.2 Å². The summed E-state index contributed by atoms with van der Waals surface area (Å²) < 4.78 is 0. The van der Waals surface area contributed by atoms with Gasteiger partial charge < -0.3 is 15.5 Å². The first-order chi connectivity index (χ1) is 10.2. The number of aliphatic imine (C=N–C) groups is 1. The van der Waals surface area contributed by atoms with E-state index in [1.165, 1.54) is 5.56 Å². The Labute approximate surface area is 156 Å². The van der Waals surface area contributed by atoms with E-state index in [2.05, 4.69) is 49.7 Å². The fraction of sp³-hybridized carbons (Fsp3) is 0.429. The third-order valence-electron chi connectivity index (χ3n) is 2.70. The van der Waals surface area contributed by atoms with Crippen LogP contribution in [0.25, 0.3) is 0 Å². The predicted molar refractivity (Wildman–Crippen MR) is 108 cm³/mol. The van der Waals surface area contributed by atoms with E-state index in [1.807, 2.05) is 19.0 Å². The first-order valence-corrected chi connectivity index (χ1v) is 8.66. The fourth-order valence-electron chi connectivity index (χ4n) is 1.65. The smallest absolute Gasteiger partial charge is 0.191 e. The second-order valence-electron chi connectivity index (χ2n) is 4.70. The molecule has 0 aliphatic rings. The summed E-state index contributed by atoms with van der Waals surface area (Å²) in [5.41, 5.74) is 2.27. The Bertz CT molecular complexity index is 566. The van der Waals surface area contributed by atoms with Crippen LogP contribution in [0.3, 0.4) is 0 Å². The molecule has 2 aromatic heterocycles. The molecule has 0 amide bonds. The lowest BCUT2D eigenvalue weighted by Crippen LogP contribution is -2.36. The van der Waals surface area contributed by atoms with Gasteiger partial charge in [0.15, 0.2) is 11.1 Å². The summed E-state index contributed by atoms with van der Waals surface area (Å²) in [6.07, 6.45) is 0. The molecule has 2 heterocycles. The number of thiazole rings is 1. The van der Waals surface area contributed by atoms with Gasteiger partial charge in [-0.3, -0.25) is 0 Å². The van der Waals surface area contributed by atoms with Gasteiger partial charge in [0.1, 0.15) is 0 Å². The van der Waals surface area contributed by atoms with Crippen LogP contribution in [0.5, 0.6) is 0 Å². The van der Waals surface area contributed by atoms with Crippen LogP contribution in [0, 0.1) is 0 Å². The molecule has 0 spiro atoms. The van der Waals surface area contributed by atoms with Crippen LogP contribution in [0.2, 0.25) is 0 Å². The third kappa shape index (κ3) is 6.09. The van der Waals surface area contributed by atoms with Crippen molar-refractivity contribution in [3.63, 3.8) is 0 Å². The Morgan fingerprint density at radius 3 is 2.73 bits per heavy atom. The van der Waals surface area contributed by atoms with Crippen molar-refractivity contribution in [3.8, 4) is 0 Å². The maximum absolute atomic E-state index is 4.58. The van der Waals surface area contributed by atoms with Crippen LogP contribution >= 0.6 is 46.7 Å². The molecule has 0 unspecified atom stereocenters. The lowest BCUT2D eigenvalue weighted by molar-refractivity contribution is 0.803. The number of halogens is 1. The largest absolute Gasteiger partial charge is 0.357 e. The first-order valence-electron chi connectivity index (χ1n) is 6.84. The summed E-state index contributed by atoms with van der Waals surface area (Å²) in [6.45, 7) is 4.28. The molecule has 22 heavy (non-hydrogen) atoms. The summed E-state index contributed by atoms with van der Waals surface area (Å²) in [5.74, 6) is 0.822. The number of nitrogens with one attached hydrogen (secondary N) is 2. The lowest BCUT2D eigenvalue weighted by atomic mass is 10.3. The van der Waals surface area contributed by atoms with Gasteiger partial charge in [0.25, 0.3) is 0 Å². The molecular weight excluding hydrogens is 429 g/mol. The number of anilines is 1. The van der Waals surface area contributed by atoms with Crippen molar-refractivity contribution < 1.29 is 0 Å². The molecule has 2 rings (SSSR count). The van der Waals surface area contributed by atoms with E-state index >= 15 is 0 Å². The monoisotopic (exact) mass is 451 g/mol. The van der Waals surface area contributed by atoms with Gasteiger partial charge in [-0.05, 0) is 29.3 Å². The average Bonchev–Trinajstić information content (AvgIpc) is 3.13. The minimum atomic E-state index is 0.